The van der Waals surface area contributed by atoms with Crippen molar-refractivity contribution in [1.82, 2.24) is 5.32 Å². The quantitative estimate of drug-likeness (QED) is 0.843. The lowest BCUT2D eigenvalue weighted by Gasteiger charge is -2.18. The van der Waals surface area contributed by atoms with Gasteiger partial charge in [-0.1, -0.05) is 17.7 Å². The summed E-state index contributed by atoms with van der Waals surface area (Å²) in [6, 6.07) is 4.80. The second kappa shape index (κ2) is 6.07. The average Bonchev–Trinajstić information content (AvgIpc) is 2.22. The molecular weight excluding hydrogens is 318 g/mol. The minimum Gasteiger partial charge on any atom is -0.313 e. The summed E-state index contributed by atoms with van der Waals surface area (Å²) in [5.74, 6) is 0. The predicted octanol–water partition coefficient (Wildman–Crippen LogP) is 4.71. The Labute approximate surface area is 111 Å². The van der Waals surface area contributed by atoms with Gasteiger partial charge >= 0.3 is 6.18 Å². The largest absolute Gasteiger partial charge is 0.389 e. The molecule has 1 rings (SSSR count). The van der Waals surface area contributed by atoms with Gasteiger partial charge in [-0.25, -0.2) is 0 Å². The van der Waals surface area contributed by atoms with Crippen LogP contribution in [0.25, 0.3) is 0 Å². The molecule has 0 radical (unpaired) electrons. The highest BCUT2D eigenvalue weighted by Crippen LogP contribution is 2.30. The van der Waals surface area contributed by atoms with E-state index in [9.17, 15) is 13.2 Å². The molecule has 6 heteroatoms. The molecule has 0 aliphatic heterocycles. The van der Waals surface area contributed by atoms with Gasteiger partial charge in [-0.3, -0.25) is 0 Å². The van der Waals surface area contributed by atoms with E-state index >= 15 is 0 Å². The molecule has 1 atom stereocenters. The molecule has 1 unspecified atom stereocenters. The van der Waals surface area contributed by atoms with Gasteiger partial charge in [0, 0.05) is 16.9 Å². The van der Waals surface area contributed by atoms with Crippen LogP contribution in [0.1, 0.15) is 24.4 Å². The molecule has 1 nitrogen and oxygen atoms in total. The molecule has 0 saturated heterocycles. The SMILES string of the molecule is CNC(CCC(F)(F)F)c1ccc(Cl)c(Br)c1. The summed E-state index contributed by atoms with van der Waals surface area (Å²) in [6.07, 6.45) is -4.93. The summed E-state index contributed by atoms with van der Waals surface area (Å²) in [7, 11) is 1.64. The first-order valence-electron chi connectivity index (χ1n) is 5.02. The fourth-order valence-electron chi connectivity index (χ4n) is 1.51. The molecule has 0 bridgehead atoms. The molecular formula is C11H12BrClF3N. The number of hydrogen-bond donors (Lipinski definition) is 1. The van der Waals surface area contributed by atoms with Crippen molar-refractivity contribution < 1.29 is 13.2 Å². The van der Waals surface area contributed by atoms with E-state index in [1.165, 1.54) is 0 Å². The van der Waals surface area contributed by atoms with Crippen molar-refractivity contribution in [1.29, 1.82) is 0 Å². The highest BCUT2D eigenvalue weighted by atomic mass is 79.9. The Bertz CT molecular complexity index is 381. The van der Waals surface area contributed by atoms with Crippen LogP contribution in [0.5, 0.6) is 0 Å². The molecule has 0 aliphatic carbocycles. The zero-order chi connectivity index (χ0) is 13.1. The normalized spacial score (nSPS) is 13.8. The van der Waals surface area contributed by atoms with Gasteiger partial charge in [0.2, 0.25) is 0 Å². The van der Waals surface area contributed by atoms with Gasteiger partial charge in [0.25, 0.3) is 0 Å². The summed E-state index contributed by atoms with van der Waals surface area (Å²) in [5, 5.41) is 3.41. The number of alkyl halides is 3. The fourth-order valence-corrected chi connectivity index (χ4v) is 2.03. The standard InChI is InChI=1S/C11H12BrClF3N/c1-17-10(4-5-11(14,15)16)7-2-3-9(13)8(12)6-7/h2-3,6,10,17H,4-5H2,1H3. The van der Waals surface area contributed by atoms with Crippen LogP contribution >= 0.6 is 27.5 Å². The van der Waals surface area contributed by atoms with Crippen molar-refractivity contribution >= 4 is 27.5 Å². The van der Waals surface area contributed by atoms with Crippen molar-refractivity contribution in [3.05, 3.63) is 33.3 Å². The smallest absolute Gasteiger partial charge is 0.313 e. The van der Waals surface area contributed by atoms with Crippen molar-refractivity contribution in [2.45, 2.75) is 25.1 Å². The molecule has 0 spiro atoms. The van der Waals surface area contributed by atoms with Crippen LogP contribution in [-0.4, -0.2) is 13.2 Å². The van der Waals surface area contributed by atoms with Gasteiger partial charge in [0.1, 0.15) is 0 Å². The maximum absolute atomic E-state index is 12.2. The first-order valence-corrected chi connectivity index (χ1v) is 6.19. The van der Waals surface area contributed by atoms with E-state index in [2.05, 4.69) is 21.2 Å². The van der Waals surface area contributed by atoms with Gasteiger partial charge in [-0.05, 0) is 47.1 Å². The number of halogens is 5. The van der Waals surface area contributed by atoms with E-state index in [1.807, 2.05) is 0 Å². The van der Waals surface area contributed by atoms with Gasteiger partial charge < -0.3 is 5.32 Å². The molecule has 1 aromatic carbocycles. The fraction of sp³-hybridized carbons (Fsp3) is 0.455. The van der Waals surface area contributed by atoms with Crippen LogP contribution in [0.15, 0.2) is 22.7 Å². The summed E-state index contributed by atoms with van der Waals surface area (Å²) in [6.45, 7) is 0. The van der Waals surface area contributed by atoms with Crippen molar-refractivity contribution in [2.24, 2.45) is 0 Å². The molecule has 1 N–H and O–H groups in total. The average molecular weight is 331 g/mol. The number of hydrogen-bond acceptors (Lipinski definition) is 1. The molecule has 0 aromatic heterocycles. The Morgan fingerprint density at radius 1 is 1.41 bits per heavy atom. The van der Waals surface area contributed by atoms with E-state index in [-0.39, 0.29) is 12.5 Å². The topological polar surface area (TPSA) is 12.0 Å². The molecule has 0 fully saturated rings. The van der Waals surface area contributed by atoms with Gasteiger partial charge in [-0.15, -0.1) is 0 Å². The monoisotopic (exact) mass is 329 g/mol. The van der Waals surface area contributed by atoms with Gasteiger partial charge in [0.15, 0.2) is 0 Å². The van der Waals surface area contributed by atoms with E-state index in [1.54, 1.807) is 25.2 Å². The van der Waals surface area contributed by atoms with Gasteiger partial charge in [-0.2, -0.15) is 13.2 Å². The molecule has 0 saturated carbocycles. The first kappa shape index (κ1) is 14.8. The first-order chi connectivity index (χ1) is 7.83. The van der Waals surface area contributed by atoms with Crippen LogP contribution in [0.2, 0.25) is 5.02 Å². The van der Waals surface area contributed by atoms with Crippen LogP contribution < -0.4 is 5.32 Å². The lowest BCUT2D eigenvalue weighted by atomic mass is 10.0. The van der Waals surface area contributed by atoms with Crippen molar-refractivity contribution in [3.8, 4) is 0 Å². The summed E-state index contributed by atoms with van der Waals surface area (Å²) < 4.78 is 37.1. The van der Waals surface area contributed by atoms with Crippen LogP contribution in [0.4, 0.5) is 13.2 Å². The second-order valence-electron chi connectivity index (χ2n) is 3.67. The Morgan fingerprint density at radius 3 is 2.53 bits per heavy atom. The highest BCUT2D eigenvalue weighted by molar-refractivity contribution is 9.10. The summed E-state index contributed by atoms with van der Waals surface area (Å²) in [5.41, 5.74) is 0.785. The van der Waals surface area contributed by atoms with Crippen molar-refractivity contribution in [3.63, 3.8) is 0 Å². The van der Waals surface area contributed by atoms with Crippen LogP contribution in [0, 0.1) is 0 Å². The number of nitrogens with one attached hydrogen (secondary N) is 1. The Balaban J connectivity index is 2.76. The Morgan fingerprint density at radius 2 is 2.06 bits per heavy atom. The summed E-state index contributed by atoms with van der Waals surface area (Å²) in [4.78, 5) is 0. The summed E-state index contributed by atoms with van der Waals surface area (Å²) >= 11 is 9.08. The van der Waals surface area contributed by atoms with E-state index in [0.29, 0.717) is 9.50 Å². The van der Waals surface area contributed by atoms with E-state index in [0.717, 1.165) is 5.56 Å². The molecule has 0 heterocycles. The third kappa shape index (κ3) is 4.85. The molecule has 0 aliphatic rings. The maximum atomic E-state index is 12.2. The maximum Gasteiger partial charge on any atom is 0.389 e. The zero-order valence-corrected chi connectivity index (χ0v) is 11.5. The predicted molar refractivity (Wildman–Crippen MR) is 66.2 cm³/mol. The third-order valence-corrected chi connectivity index (χ3v) is 3.62. The van der Waals surface area contributed by atoms with E-state index < -0.39 is 12.6 Å². The molecule has 96 valence electrons. The van der Waals surface area contributed by atoms with Crippen molar-refractivity contribution in [2.75, 3.05) is 7.05 Å². The Hall–Kier alpha value is -0.260. The minimum absolute atomic E-state index is 0.00801. The zero-order valence-electron chi connectivity index (χ0n) is 9.11. The van der Waals surface area contributed by atoms with E-state index in [4.69, 9.17) is 11.6 Å². The molecule has 17 heavy (non-hydrogen) atoms. The lowest BCUT2D eigenvalue weighted by molar-refractivity contribution is -0.136. The van der Waals surface area contributed by atoms with Crippen LogP contribution in [0.3, 0.4) is 0 Å². The second-order valence-corrected chi connectivity index (χ2v) is 4.93. The highest BCUT2D eigenvalue weighted by Gasteiger charge is 2.28. The molecule has 0 amide bonds. The minimum atomic E-state index is -4.13. The number of benzene rings is 1. The molecule has 1 aromatic rings. The Kier molecular flexibility index (Phi) is 5.28. The van der Waals surface area contributed by atoms with Crippen LogP contribution in [-0.2, 0) is 0 Å². The lowest BCUT2D eigenvalue weighted by Crippen LogP contribution is -2.19. The third-order valence-electron chi connectivity index (χ3n) is 2.41. The number of rotatable bonds is 4. The van der Waals surface area contributed by atoms with Gasteiger partial charge in [0.05, 0.1) is 5.02 Å².